The number of Topliss-reactive ketones (excluding diaryl/α,β-unsaturated/α-hetero) is 1. The van der Waals surface area contributed by atoms with Crippen LogP contribution in [-0.4, -0.2) is 12.1 Å². The molecule has 0 aliphatic heterocycles. The van der Waals surface area contributed by atoms with Crippen LogP contribution in [0.3, 0.4) is 0 Å². The van der Waals surface area contributed by atoms with Gasteiger partial charge in [0.2, 0.25) is 0 Å². The van der Waals surface area contributed by atoms with Gasteiger partial charge in [0, 0.05) is 5.92 Å². The Morgan fingerprint density at radius 3 is 2.70 bits per heavy atom. The molecule has 1 fully saturated rings. The van der Waals surface area contributed by atoms with Gasteiger partial charge < -0.3 is 0 Å². The number of carbonyl (C=O) groups excluding carboxylic acids is 2. The van der Waals surface area contributed by atoms with E-state index in [0.29, 0.717) is 6.29 Å². The molecule has 56 valence electrons. The molecule has 1 aliphatic carbocycles. The third-order valence-corrected chi connectivity index (χ3v) is 1.99. The van der Waals surface area contributed by atoms with Crippen LogP contribution in [0.5, 0.6) is 0 Å². The van der Waals surface area contributed by atoms with Gasteiger partial charge in [-0.05, 0) is 12.3 Å². The summed E-state index contributed by atoms with van der Waals surface area (Å²) < 4.78 is 0. The summed E-state index contributed by atoms with van der Waals surface area (Å²) in [5.41, 5.74) is 0. The SMILES string of the molecule is CC(CC1CC1)C(=O)C=O. The van der Waals surface area contributed by atoms with E-state index in [1.165, 1.54) is 12.8 Å². The highest BCUT2D eigenvalue weighted by atomic mass is 16.2. The Morgan fingerprint density at radius 1 is 1.70 bits per heavy atom. The van der Waals surface area contributed by atoms with Crippen molar-refractivity contribution in [3.05, 3.63) is 0 Å². The highest BCUT2D eigenvalue weighted by Gasteiger charge is 2.25. The first-order valence-electron chi connectivity index (χ1n) is 3.73. The lowest BCUT2D eigenvalue weighted by Gasteiger charge is -2.02. The van der Waals surface area contributed by atoms with Crippen LogP contribution in [0.25, 0.3) is 0 Å². The maximum Gasteiger partial charge on any atom is 0.197 e. The van der Waals surface area contributed by atoms with Gasteiger partial charge in [0.1, 0.15) is 0 Å². The second-order valence-corrected chi connectivity index (χ2v) is 3.10. The number of hydrogen-bond donors (Lipinski definition) is 0. The van der Waals surface area contributed by atoms with Gasteiger partial charge in [-0.25, -0.2) is 0 Å². The minimum atomic E-state index is -0.244. The van der Waals surface area contributed by atoms with E-state index in [0.717, 1.165) is 12.3 Å². The van der Waals surface area contributed by atoms with E-state index in [1.807, 2.05) is 6.92 Å². The lowest BCUT2D eigenvalue weighted by atomic mass is 10.0. The summed E-state index contributed by atoms with van der Waals surface area (Å²) >= 11 is 0. The smallest absolute Gasteiger partial charge is 0.197 e. The fourth-order valence-corrected chi connectivity index (χ4v) is 1.09. The molecular weight excluding hydrogens is 128 g/mol. The average molecular weight is 140 g/mol. The summed E-state index contributed by atoms with van der Waals surface area (Å²) in [5.74, 6) is 0.454. The molecule has 0 heterocycles. The Bertz CT molecular complexity index is 147. The first kappa shape index (κ1) is 7.45. The molecule has 1 aliphatic rings. The average Bonchev–Trinajstić information content (AvgIpc) is 2.70. The van der Waals surface area contributed by atoms with Crippen molar-refractivity contribution < 1.29 is 9.59 Å². The van der Waals surface area contributed by atoms with Crippen molar-refractivity contribution in [3.8, 4) is 0 Å². The Hall–Kier alpha value is -0.660. The van der Waals surface area contributed by atoms with Crippen molar-refractivity contribution in [1.82, 2.24) is 0 Å². The summed E-state index contributed by atoms with van der Waals surface area (Å²) in [5, 5.41) is 0. The second kappa shape index (κ2) is 2.95. The van der Waals surface area contributed by atoms with Gasteiger partial charge >= 0.3 is 0 Å². The standard InChI is InChI=1S/C8H12O2/c1-6(8(10)5-9)4-7-2-3-7/h5-7H,2-4H2,1H3. The Kier molecular flexibility index (Phi) is 2.20. The zero-order chi connectivity index (χ0) is 7.56. The predicted octanol–water partition coefficient (Wildman–Crippen LogP) is 1.19. The van der Waals surface area contributed by atoms with Crippen LogP contribution in [0.2, 0.25) is 0 Å². The van der Waals surface area contributed by atoms with Crippen molar-refractivity contribution in [3.63, 3.8) is 0 Å². The molecule has 0 radical (unpaired) electrons. The molecule has 2 nitrogen and oxygen atoms in total. The molecule has 0 aromatic heterocycles. The summed E-state index contributed by atoms with van der Waals surface area (Å²) in [4.78, 5) is 20.7. The van der Waals surface area contributed by atoms with Crippen LogP contribution in [0.15, 0.2) is 0 Å². The van der Waals surface area contributed by atoms with E-state index in [-0.39, 0.29) is 11.7 Å². The van der Waals surface area contributed by atoms with Crippen molar-refractivity contribution in [1.29, 1.82) is 0 Å². The number of ketones is 1. The lowest BCUT2D eigenvalue weighted by Crippen LogP contribution is -2.12. The molecule has 10 heavy (non-hydrogen) atoms. The Balaban J connectivity index is 2.24. The second-order valence-electron chi connectivity index (χ2n) is 3.10. The van der Waals surface area contributed by atoms with Crippen LogP contribution in [-0.2, 0) is 9.59 Å². The van der Waals surface area contributed by atoms with Crippen LogP contribution in [0.4, 0.5) is 0 Å². The number of rotatable bonds is 4. The first-order chi connectivity index (χ1) is 4.74. The Labute approximate surface area is 60.6 Å². The molecular formula is C8H12O2. The first-order valence-corrected chi connectivity index (χ1v) is 3.73. The van der Waals surface area contributed by atoms with E-state index in [4.69, 9.17) is 0 Å². The molecule has 0 aromatic rings. The van der Waals surface area contributed by atoms with Gasteiger partial charge in [-0.2, -0.15) is 0 Å². The van der Waals surface area contributed by atoms with Crippen molar-refractivity contribution in [2.24, 2.45) is 11.8 Å². The van der Waals surface area contributed by atoms with E-state index >= 15 is 0 Å². The van der Waals surface area contributed by atoms with Crippen LogP contribution < -0.4 is 0 Å². The number of hydrogen-bond acceptors (Lipinski definition) is 2. The third kappa shape index (κ3) is 1.94. The quantitative estimate of drug-likeness (QED) is 0.434. The zero-order valence-electron chi connectivity index (χ0n) is 6.17. The maximum absolute atomic E-state index is 10.7. The number of carbonyl (C=O) groups is 2. The minimum Gasteiger partial charge on any atom is -0.295 e. The molecule has 1 saturated carbocycles. The molecule has 0 spiro atoms. The molecule has 0 amide bonds. The minimum absolute atomic E-state index is 0.0370. The van der Waals surface area contributed by atoms with Crippen molar-refractivity contribution in [2.45, 2.75) is 26.2 Å². The fraction of sp³-hybridized carbons (Fsp3) is 0.750. The highest BCUT2D eigenvalue weighted by molar-refractivity contribution is 6.25. The topological polar surface area (TPSA) is 34.1 Å². The molecule has 1 rings (SSSR count). The van der Waals surface area contributed by atoms with E-state index in [1.54, 1.807) is 0 Å². The summed E-state index contributed by atoms with van der Waals surface area (Å²) in [7, 11) is 0. The highest BCUT2D eigenvalue weighted by Crippen LogP contribution is 2.35. The summed E-state index contributed by atoms with van der Waals surface area (Å²) in [6.45, 7) is 1.83. The van der Waals surface area contributed by atoms with Gasteiger partial charge in [-0.15, -0.1) is 0 Å². The number of aldehydes is 1. The molecule has 0 aromatic carbocycles. The molecule has 0 N–H and O–H groups in total. The summed E-state index contributed by atoms with van der Waals surface area (Å²) in [6.07, 6.45) is 3.84. The third-order valence-electron chi connectivity index (χ3n) is 1.99. The lowest BCUT2D eigenvalue weighted by molar-refractivity contribution is -0.132. The van der Waals surface area contributed by atoms with Crippen LogP contribution in [0.1, 0.15) is 26.2 Å². The van der Waals surface area contributed by atoms with Crippen LogP contribution in [0, 0.1) is 11.8 Å². The summed E-state index contributed by atoms with van der Waals surface area (Å²) in [6, 6.07) is 0. The van der Waals surface area contributed by atoms with E-state index < -0.39 is 0 Å². The van der Waals surface area contributed by atoms with Crippen LogP contribution >= 0.6 is 0 Å². The molecule has 1 atom stereocenters. The fourth-order valence-electron chi connectivity index (χ4n) is 1.09. The molecule has 0 bridgehead atoms. The normalized spacial score (nSPS) is 20.1. The monoisotopic (exact) mass is 140 g/mol. The molecule has 2 heteroatoms. The van der Waals surface area contributed by atoms with Crippen molar-refractivity contribution in [2.75, 3.05) is 0 Å². The Morgan fingerprint density at radius 2 is 2.30 bits per heavy atom. The van der Waals surface area contributed by atoms with E-state index in [2.05, 4.69) is 0 Å². The zero-order valence-corrected chi connectivity index (χ0v) is 6.17. The van der Waals surface area contributed by atoms with Gasteiger partial charge in [0.15, 0.2) is 12.1 Å². The van der Waals surface area contributed by atoms with Crippen molar-refractivity contribution >= 4 is 12.1 Å². The molecule has 0 saturated heterocycles. The maximum atomic E-state index is 10.7. The largest absolute Gasteiger partial charge is 0.295 e. The van der Waals surface area contributed by atoms with Gasteiger partial charge in [-0.1, -0.05) is 19.8 Å². The van der Waals surface area contributed by atoms with Gasteiger partial charge in [-0.3, -0.25) is 9.59 Å². The predicted molar refractivity (Wildman–Crippen MR) is 37.6 cm³/mol. The molecule has 1 unspecified atom stereocenters. The van der Waals surface area contributed by atoms with Gasteiger partial charge in [0.05, 0.1) is 0 Å². The van der Waals surface area contributed by atoms with E-state index in [9.17, 15) is 9.59 Å². The van der Waals surface area contributed by atoms with Gasteiger partial charge in [0.25, 0.3) is 0 Å².